The van der Waals surface area contributed by atoms with Crippen molar-refractivity contribution in [3.63, 3.8) is 0 Å². The van der Waals surface area contributed by atoms with Crippen LogP contribution in [0.4, 0.5) is 0 Å². The van der Waals surface area contributed by atoms with Crippen LogP contribution in [0.15, 0.2) is 12.2 Å². The molecule has 0 unspecified atom stereocenters. The van der Waals surface area contributed by atoms with Gasteiger partial charge in [-0.25, -0.2) is 0 Å². The molecule has 0 bridgehead atoms. The monoisotopic (exact) mass is 302 g/mol. The maximum absolute atomic E-state index is 9.73. The van der Waals surface area contributed by atoms with Crippen LogP contribution in [0.25, 0.3) is 0 Å². The fraction of sp³-hybridized carbons (Fsp3) is 0.875. The lowest BCUT2D eigenvalue weighted by Gasteiger charge is -2.24. The van der Waals surface area contributed by atoms with Crippen LogP contribution >= 0.6 is 0 Å². The van der Waals surface area contributed by atoms with E-state index in [1.54, 1.807) is 0 Å². The molecule has 3 N–H and O–H groups in total. The fourth-order valence-corrected chi connectivity index (χ4v) is 2.50. The third-order valence-electron chi connectivity index (χ3n) is 3.82. The standard InChI is InChI=1S/C16H30O5/c1-2-3-4-5-6-7-8-9-10-20-14(11-17)16-15(19)13(18)12-21-16/h2-3,13-19H,4-12H2,1H3/b3-2+/t13-,14+,15+,16+/m0/s1. The van der Waals surface area contributed by atoms with Crippen molar-refractivity contribution in [2.24, 2.45) is 0 Å². The lowest BCUT2D eigenvalue weighted by atomic mass is 10.1. The maximum atomic E-state index is 9.73. The fourth-order valence-electron chi connectivity index (χ4n) is 2.50. The highest BCUT2D eigenvalue weighted by atomic mass is 16.6. The Hall–Kier alpha value is -0.460. The first-order chi connectivity index (χ1) is 10.2. The Morgan fingerprint density at radius 2 is 1.90 bits per heavy atom. The lowest BCUT2D eigenvalue weighted by Crippen LogP contribution is -2.42. The second-order valence-electron chi connectivity index (χ2n) is 5.57. The normalized spacial score (nSPS) is 27.5. The van der Waals surface area contributed by atoms with Crippen LogP contribution < -0.4 is 0 Å². The topological polar surface area (TPSA) is 79.2 Å². The first-order valence-corrected chi connectivity index (χ1v) is 8.02. The lowest BCUT2D eigenvalue weighted by molar-refractivity contribution is -0.101. The van der Waals surface area contributed by atoms with E-state index in [4.69, 9.17) is 9.47 Å². The van der Waals surface area contributed by atoms with E-state index in [9.17, 15) is 15.3 Å². The molecule has 0 saturated carbocycles. The van der Waals surface area contributed by atoms with Gasteiger partial charge < -0.3 is 24.8 Å². The van der Waals surface area contributed by atoms with Crippen molar-refractivity contribution >= 4 is 0 Å². The Morgan fingerprint density at radius 1 is 1.19 bits per heavy atom. The molecule has 4 atom stereocenters. The molecule has 124 valence electrons. The number of aliphatic hydroxyl groups excluding tert-OH is 3. The van der Waals surface area contributed by atoms with Gasteiger partial charge in [0, 0.05) is 6.61 Å². The highest BCUT2D eigenvalue weighted by molar-refractivity contribution is 4.88. The molecule has 1 fully saturated rings. The second kappa shape index (κ2) is 11.2. The van der Waals surface area contributed by atoms with Gasteiger partial charge in [0.05, 0.1) is 13.2 Å². The van der Waals surface area contributed by atoms with Gasteiger partial charge >= 0.3 is 0 Å². The molecule has 5 heteroatoms. The minimum Gasteiger partial charge on any atom is -0.394 e. The van der Waals surface area contributed by atoms with Crippen molar-refractivity contribution in [1.29, 1.82) is 0 Å². The predicted octanol–water partition coefficient (Wildman–Crippen LogP) is 1.40. The van der Waals surface area contributed by atoms with E-state index < -0.39 is 24.4 Å². The van der Waals surface area contributed by atoms with Crippen LogP contribution in [-0.2, 0) is 9.47 Å². The summed E-state index contributed by atoms with van der Waals surface area (Å²) in [6.45, 7) is 2.47. The molecule has 0 aromatic rings. The van der Waals surface area contributed by atoms with Crippen LogP contribution in [0.5, 0.6) is 0 Å². The van der Waals surface area contributed by atoms with Gasteiger partial charge in [-0.15, -0.1) is 0 Å². The van der Waals surface area contributed by atoms with Gasteiger partial charge in [-0.3, -0.25) is 0 Å². The Labute approximate surface area is 127 Å². The summed E-state index contributed by atoms with van der Waals surface area (Å²) in [5.41, 5.74) is 0. The molecular formula is C16H30O5. The van der Waals surface area contributed by atoms with Crippen LogP contribution in [0.1, 0.15) is 45.4 Å². The van der Waals surface area contributed by atoms with Crippen molar-refractivity contribution < 1.29 is 24.8 Å². The van der Waals surface area contributed by atoms with E-state index in [0.29, 0.717) is 6.61 Å². The molecule has 1 aliphatic rings. The minimum atomic E-state index is -0.978. The summed E-state index contributed by atoms with van der Waals surface area (Å²) in [6, 6.07) is 0. The second-order valence-corrected chi connectivity index (χ2v) is 5.57. The van der Waals surface area contributed by atoms with Crippen molar-refractivity contribution in [1.82, 2.24) is 0 Å². The minimum absolute atomic E-state index is 0.0951. The number of hydrogen-bond acceptors (Lipinski definition) is 5. The average molecular weight is 302 g/mol. The molecule has 1 heterocycles. The average Bonchev–Trinajstić information content (AvgIpc) is 2.82. The smallest absolute Gasteiger partial charge is 0.114 e. The zero-order chi connectivity index (χ0) is 15.5. The number of allylic oxidation sites excluding steroid dienone is 2. The van der Waals surface area contributed by atoms with E-state index in [1.807, 2.05) is 6.92 Å². The van der Waals surface area contributed by atoms with Crippen LogP contribution in [0.2, 0.25) is 0 Å². The Bertz CT molecular complexity index is 282. The first-order valence-electron chi connectivity index (χ1n) is 8.02. The van der Waals surface area contributed by atoms with Crippen molar-refractivity contribution in [3.8, 4) is 0 Å². The van der Waals surface area contributed by atoms with Crippen LogP contribution in [-0.4, -0.2) is 59.6 Å². The van der Waals surface area contributed by atoms with Gasteiger partial charge in [0.2, 0.25) is 0 Å². The molecule has 1 rings (SSSR count). The zero-order valence-corrected chi connectivity index (χ0v) is 13.0. The summed E-state index contributed by atoms with van der Waals surface area (Å²) < 4.78 is 10.9. The van der Waals surface area contributed by atoms with Gasteiger partial charge in [0.1, 0.15) is 24.4 Å². The Balaban J connectivity index is 2.05. The van der Waals surface area contributed by atoms with Crippen LogP contribution in [0.3, 0.4) is 0 Å². The largest absolute Gasteiger partial charge is 0.394 e. The molecule has 1 saturated heterocycles. The number of ether oxygens (including phenoxy) is 2. The number of rotatable bonds is 11. The van der Waals surface area contributed by atoms with Crippen molar-refractivity contribution in [2.45, 2.75) is 69.9 Å². The molecule has 0 spiro atoms. The molecule has 0 aromatic carbocycles. The summed E-state index contributed by atoms with van der Waals surface area (Å²) in [4.78, 5) is 0. The predicted molar refractivity (Wildman–Crippen MR) is 81.1 cm³/mol. The van der Waals surface area contributed by atoms with Gasteiger partial charge in [-0.1, -0.05) is 31.4 Å². The van der Waals surface area contributed by atoms with Gasteiger partial charge in [0.25, 0.3) is 0 Å². The van der Waals surface area contributed by atoms with Gasteiger partial charge in [0.15, 0.2) is 0 Å². The summed E-state index contributed by atoms with van der Waals surface area (Å²) in [5.74, 6) is 0. The number of unbranched alkanes of at least 4 members (excludes halogenated alkanes) is 5. The van der Waals surface area contributed by atoms with Gasteiger partial charge in [-0.05, 0) is 26.2 Å². The first kappa shape index (κ1) is 18.6. The Morgan fingerprint density at radius 3 is 2.52 bits per heavy atom. The molecule has 0 amide bonds. The number of aliphatic hydroxyl groups is 3. The molecule has 0 aliphatic carbocycles. The van der Waals surface area contributed by atoms with Gasteiger partial charge in [-0.2, -0.15) is 0 Å². The van der Waals surface area contributed by atoms with E-state index in [2.05, 4.69) is 12.2 Å². The Kier molecular flexibility index (Phi) is 9.87. The summed E-state index contributed by atoms with van der Waals surface area (Å²) in [5, 5.41) is 28.5. The molecule has 5 nitrogen and oxygen atoms in total. The summed E-state index contributed by atoms with van der Waals surface area (Å²) in [6.07, 6.45) is 8.04. The highest BCUT2D eigenvalue weighted by Gasteiger charge is 2.40. The molecule has 1 aliphatic heterocycles. The molecule has 0 radical (unpaired) electrons. The molecule has 21 heavy (non-hydrogen) atoms. The van der Waals surface area contributed by atoms with Crippen molar-refractivity contribution in [3.05, 3.63) is 12.2 Å². The van der Waals surface area contributed by atoms with E-state index in [1.165, 1.54) is 19.3 Å². The third kappa shape index (κ3) is 6.89. The SMILES string of the molecule is C/C=C/CCCCCCCO[C@H](CO)[C@H]1OC[C@H](O)[C@H]1O. The molecular weight excluding hydrogens is 272 g/mol. The summed E-state index contributed by atoms with van der Waals surface area (Å²) in [7, 11) is 0. The van der Waals surface area contributed by atoms with E-state index >= 15 is 0 Å². The third-order valence-corrected chi connectivity index (χ3v) is 3.82. The van der Waals surface area contributed by atoms with E-state index in [-0.39, 0.29) is 13.2 Å². The quantitative estimate of drug-likeness (QED) is 0.397. The zero-order valence-electron chi connectivity index (χ0n) is 13.0. The molecule has 0 aromatic heterocycles. The van der Waals surface area contributed by atoms with E-state index in [0.717, 1.165) is 19.3 Å². The maximum Gasteiger partial charge on any atom is 0.114 e. The summed E-state index contributed by atoms with van der Waals surface area (Å²) >= 11 is 0. The van der Waals surface area contributed by atoms with Crippen LogP contribution in [0, 0.1) is 0 Å². The highest BCUT2D eigenvalue weighted by Crippen LogP contribution is 2.19. The number of hydrogen-bond donors (Lipinski definition) is 3. The van der Waals surface area contributed by atoms with Crippen molar-refractivity contribution in [2.75, 3.05) is 19.8 Å².